The monoisotopic (exact) mass is 414 g/mol. The molecule has 0 aromatic heterocycles. The van der Waals surface area contributed by atoms with E-state index >= 15 is 0 Å². The second-order valence-corrected chi connectivity index (χ2v) is 8.14. The molecule has 0 N–H and O–H groups in total. The number of nitro groups is 1. The van der Waals surface area contributed by atoms with Crippen LogP contribution >= 0.6 is 0 Å². The van der Waals surface area contributed by atoms with Gasteiger partial charge in [0.2, 0.25) is 0 Å². The number of rotatable bonds is 8. The zero-order valence-corrected chi connectivity index (χ0v) is 18.0. The van der Waals surface area contributed by atoms with Crippen molar-refractivity contribution in [2.24, 2.45) is 0 Å². The zero-order chi connectivity index (χ0) is 21.8. The number of hydrogen-bond acceptors (Lipinski definition) is 6. The molecule has 1 fully saturated rings. The van der Waals surface area contributed by atoms with Crippen molar-refractivity contribution in [3.8, 4) is 0 Å². The molecule has 0 atom stereocenters. The van der Waals surface area contributed by atoms with E-state index in [1.54, 1.807) is 12.1 Å². The van der Waals surface area contributed by atoms with E-state index in [2.05, 4.69) is 18.9 Å². The summed E-state index contributed by atoms with van der Waals surface area (Å²) in [5.74, 6) is -0.564. The van der Waals surface area contributed by atoms with Crippen LogP contribution in [-0.4, -0.2) is 71.2 Å². The number of benzene rings is 1. The smallest absolute Gasteiger partial charge is 0.277 e. The van der Waals surface area contributed by atoms with Crippen LogP contribution in [0.2, 0.25) is 0 Å². The topological polar surface area (TPSA) is 87.0 Å². The lowest BCUT2D eigenvalue weighted by Crippen LogP contribution is -2.43. The highest BCUT2D eigenvalue weighted by Crippen LogP contribution is 2.34. The summed E-state index contributed by atoms with van der Waals surface area (Å²) in [5.41, 5.74) is 1.28. The van der Waals surface area contributed by atoms with Gasteiger partial charge in [0.25, 0.3) is 17.5 Å². The summed E-state index contributed by atoms with van der Waals surface area (Å²) >= 11 is 0. The summed E-state index contributed by atoms with van der Waals surface area (Å²) in [6.45, 7) is 4.36. The Kier molecular flexibility index (Phi) is 6.87. The molecule has 0 aliphatic carbocycles. The van der Waals surface area contributed by atoms with E-state index in [4.69, 9.17) is 0 Å². The third-order valence-electron chi connectivity index (χ3n) is 6.08. The van der Waals surface area contributed by atoms with Crippen molar-refractivity contribution in [3.05, 3.63) is 45.6 Å². The number of carbonyl (C=O) groups is 2. The number of amides is 2. The lowest BCUT2D eigenvalue weighted by atomic mass is 10.00. The van der Waals surface area contributed by atoms with Gasteiger partial charge in [-0.3, -0.25) is 24.6 Å². The second kappa shape index (κ2) is 9.38. The molecule has 2 amide bonds. The first-order valence-electron chi connectivity index (χ1n) is 10.6. The summed E-state index contributed by atoms with van der Waals surface area (Å²) in [6, 6.07) is 6.07. The van der Waals surface area contributed by atoms with Crippen molar-refractivity contribution in [2.45, 2.75) is 45.1 Å². The molecule has 2 aliphatic heterocycles. The Labute approximate surface area is 177 Å². The third-order valence-corrected chi connectivity index (χ3v) is 6.08. The fourth-order valence-electron chi connectivity index (χ4n) is 4.19. The van der Waals surface area contributed by atoms with Gasteiger partial charge in [-0.2, -0.15) is 0 Å². The quantitative estimate of drug-likeness (QED) is 0.281. The number of unbranched alkanes of at least 4 members (excludes halogenated alkanes) is 2. The third kappa shape index (κ3) is 4.38. The van der Waals surface area contributed by atoms with Gasteiger partial charge in [0, 0.05) is 31.8 Å². The largest absolute Gasteiger partial charge is 0.366 e. The van der Waals surface area contributed by atoms with Crippen LogP contribution < -0.4 is 0 Å². The predicted molar refractivity (Wildman–Crippen MR) is 115 cm³/mol. The normalized spacial score (nSPS) is 18.4. The molecule has 30 heavy (non-hydrogen) atoms. The van der Waals surface area contributed by atoms with Gasteiger partial charge in [0.1, 0.15) is 5.70 Å². The predicted octanol–water partition coefficient (Wildman–Crippen LogP) is 2.89. The maximum absolute atomic E-state index is 13.3. The number of hydrogen-bond donors (Lipinski definition) is 0. The molecule has 8 heteroatoms. The molecular weight excluding hydrogens is 384 g/mol. The molecular formula is C22H30N4O4. The van der Waals surface area contributed by atoms with Crippen LogP contribution in [0, 0.1) is 10.1 Å². The fourth-order valence-corrected chi connectivity index (χ4v) is 4.19. The van der Waals surface area contributed by atoms with Gasteiger partial charge >= 0.3 is 0 Å². The standard InChI is InChI=1S/C22H30N4O4/c1-4-5-6-13-25-21(27)19(16-7-9-18(10-8-16)26(29)30)20(22(25)28)24(3)17-11-14-23(2)15-12-17/h7-10,17H,4-6,11-15H2,1-3H3. The fraction of sp³-hybridized carbons (Fsp3) is 0.545. The lowest BCUT2D eigenvalue weighted by Gasteiger charge is -2.36. The Morgan fingerprint density at radius 1 is 1.10 bits per heavy atom. The number of piperidine rings is 1. The molecule has 0 saturated carbocycles. The first-order chi connectivity index (χ1) is 14.3. The van der Waals surface area contributed by atoms with Gasteiger partial charge in [-0.1, -0.05) is 19.8 Å². The molecule has 3 rings (SSSR count). The first-order valence-corrected chi connectivity index (χ1v) is 10.6. The number of non-ortho nitro benzene ring substituents is 1. The van der Waals surface area contributed by atoms with Gasteiger partial charge in [0.15, 0.2) is 0 Å². The molecule has 2 aliphatic rings. The Morgan fingerprint density at radius 2 is 1.73 bits per heavy atom. The van der Waals surface area contributed by atoms with Crippen molar-refractivity contribution >= 4 is 23.1 Å². The minimum atomic E-state index is -0.470. The SMILES string of the molecule is CCCCCN1C(=O)C(c2ccc([N+](=O)[O-])cc2)=C(N(C)C2CCN(C)CC2)C1=O. The van der Waals surface area contributed by atoms with E-state index in [-0.39, 0.29) is 23.5 Å². The van der Waals surface area contributed by atoms with Crippen molar-refractivity contribution in [1.82, 2.24) is 14.7 Å². The Balaban J connectivity index is 1.96. The minimum absolute atomic E-state index is 0.0406. The van der Waals surface area contributed by atoms with E-state index in [1.807, 2.05) is 11.9 Å². The summed E-state index contributed by atoms with van der Waals surface area (Å²) in [4.78, 5) is 42.7. The molecule has 1 aromatic rings. The molecule has 1 aromatic carbocycles. The van der Waals surface area contributed by atoms with Gasteiger partial charge < -0.3 is 9.80 Å². The number of nitro benzene ring substituents is 1. The number of likely N-dealkylation sites (N-methyl/N-ethyl adjacent to an activating group) is 1. The van der Waals surface area contributed by atoms with E-state index in [1.165, 1.54) is 17.0 Å². The molecule has 0 bridgehead atoms. The van der Waals surface area contributed by atoms with Gasteiger partial charge in [-0.05, 0) is 57.1 Å². The maximum Gasteiger partial charge on any atom is 0.277 e. The highest BCUT2D eigenvalue weighted by molar-refractivity contribution is 6.35. The summed E-state index contributed by atoms with van der Waals surface area (Å²) in [6.07, 6.45) is 4.56. The molecule has 0 radical (unpaired) electrons. The molecule has 162 valence electrons. The van der Waals surface area contributed by atoms with Gasteiger partial charge in [-0.25, -0.2) is 0 Å². The highest BCUT2D eigenvalue weighted by Gasteiger charge is 2.42. The molecule has 8 nitrogen and oxygen atoms in total. The Hall–Kier alpha value is -2.74. The summed E-state index contributed by atoms with van der Waals surface area (Å²) < 4.78 is 0. The Bertz CT molecular complexity index is 841. The van der Waals surface area contributed by atoms with E-state index in [0.717, 1.165) is 45.2 Å². The number of carbonyl (C=O) groups excluding carboxylic acids is 2. The number of likely N-dealkylation sites (tertiary alicyclic amines) is 1. The minimum Gasteiger partial charge on any atom is -0.366 e. The van der Waals surface area contributed by atoms with Crippen molar-refractivity contribution in [3.63, 3.8) is 0 Å². The first kappa shape index (κ1) is 22.0. The lowest BCUT2D eigenvalue weighted by molar-refractivity contribution is -0.384. The van der Waals surface area contributed by atoms with Gasteiger partial charge in [-0.15, -0.1) is 0 Å². The highest BCUT2D eigenvalue weighted by atomic mass is 16.6. The van der Waals surface area contributed by atoms with Crippen LogP contribution in [0.5, 0.6) is 0 Å². The summed E-state index contributed by atoms with van der Waals surface area (Å²) in [5, 5.41) is 11.0. The molecule has 0 unspecified atom stereocenters. The van der Waals surface area contributed by atoms with Crippen LogP contribution in [0.25, 0.3) is 5.57 Å². The molecule has 1 saturated heterocycles. The van der Waals surface area contributed by atoms with Crippen molar-refractivity contribution < 1.29 is 14.5 Å². The van der Waals surface area contributed by atoms with E-state index in [9.17, 15) is 19.7 Å². The van der Waals surface area contributed by atoms with E-state index in [0.29, 0.717) is 23.4 Å². The maximum atomic E-state index is 13.3. The van der Waals surface area contributed by atoms with Crippen LogP contribution in [0.15, 0.2) is 30.0 Å². The van der Waals surface area contributed by atoms with Gasteiger partial charge in [0.05, 0.1) is 10.5 Å². The van der Waals surface area contributed by atoms with Crippen molar-refractivity contribution in [1.29, 1.82) is 0 Å². The number of imide groups is 1. The summed E-state index contributed by atoms with van der Waals surface area (Å²) in [7, 11) is 3.97. The van der Waals surface area contributed by atoms with E-state index < -0.39 is 4.92 Å². The zero-order valence-electron chi connectivity index (χ0n) is 18.0. The molecule has 0 spiro atoms. The second-order valence-electron chi connectivity index (χ2n) is 8.14. The molecule has 2 heterocycles. The average molecular weight is 415 g/mol. The average Bonchev–Trinajstić information content (AvgIpc) is 2.98. The Morgan fingerprint density at radius 3 is 2.30 bits per heavy atom. The van der Waals surface area contributed by atoms with Crippen molar-refractivity contribution in [2.75, 3.05) is 33.7 Å². The number of nitrogens with zero attached hydrogens (tertiary/aromatic N) is 4. The van der Waals surface area contributed by atoms with Crippen LogP contribution in [0.4, 0.5) is 5.69 Å². The van der Waals surface area contributed by atoms with Crippen LogP contribution in [0.3, 0.4) is 0 Å². The van der Waals surface area contributed by atoms with Crippen LogP contribution in [-0.2, 0) is 9.59 Å². The van der Waals surface area contributed by atoms with Crippen LogP contribution in [0.1, 0.15) is 44.6 Å².